The van der Waals surface area contributed by atoms with Crippen LogP contribution < -0.4 is 11.1 Å². The van der Waals surface area contributed by atoms with Gasteiger partial charge in [0.05, 0.1) is 0 Å². The van der Waals surface area contributed by atoms with Crippen molar-refractivity contribution >= 4 is 28.8 Å². The molecule has 0 radical (unpaired) electrons. The molecular weight excluding hydrogens is 196 g/mol. The van der Waals surface area contributed by atoms with Gasteiger partial charge >= 0.3 is 0 Å². The highest BCUT2D eigenvalue weighted by molar-refractivity contribution is 7.80. The minimum absolute atomic E-state index is 0.113. The lowest BCUT2D eigenvalue weighted by Gasteiger charge is -2.08. The van der Waals surface area contributed by atoms with Gasteiger partial charge < -0.3 is 11.1 Å². The predicted octanol–water partition coefficient (Wildman–Crippen LogP) is 1.47. The Bertz CT molecular complexity index is 328. The number of para-hydroxylation sites is 1. The highest BCUT2D eigenvalue weighted by Gasteiger charge is 2.03. The molecule has 0 unspecified atom stereocenters. The van der Waals surface area contributed by atoms with Gasteiger partial charge in [0.1, 0.15) is 5.78 Å². The highest BCUT2D eigenvalue weighted by Crippen LogP contribution is 2.15. The Labute approximate surface area is 88.3 Å². The molecule has 0 aliphatic heterocycles. The number of carbonyl (C=O) groups excluding carboxylic acids is 1. The maximum atomic E-state index is 11.0. The number of Topliss-reactive ketones (excluding diaryl/α,β-unsaturated/α-hetero) is 1. The summed E-state index contributed by atoms with van der Waals surface area (Å²) in [4.78, 5) is 11.0. The quantitative estimate of drug-likeness (QED) is 0.739. The smallest absolute Gasteiger partial charge is 0.168 e. The topological polar surface area (TPSA) is 55.1 Å². The van der Waals surface area contributed by atoms with Crippen molar-refractivity contribution < 1.29 is 4.79 Å². The first-order valence-electron chi connectivity index (χ1n) is 4.23. The van der Waals surface area contributed by atoms with Crippen molar-refractivity contribution in [3.05, 3.63) is 29.8 Å². The molecule has 74 valence electrons. The number of rotatable bonds is 3. The van der Waals surface area contributed by atoms with E-state index >= 15 is 0 Å². The number of ketones is 1. The standard InChI is InChI=1S/C10H12N2OS/c1-7(13)6-8-4-2-3-5-9(8)12-10(11)14/h2-5H,6H2,1H3,(H3,11,12,14). The van der Waals surface area contributed by atoms with Crippen molar-refractivity contribution in [1.29, 1.82) is 0 Å². The molecule has 0 saturated carbocycles. The van der Waals surface area contributed by atoms with Crippen LogP contribution in [0.4, 0.5) is 5.69 Å². The van der Waals surface area contributed by atoms with Gasteiger partial charge in [-0.1, -0.05) is 18.2 Å². The molecule has 4 heteroatoms. The normalized spacial score (nSPS) is 9.50. The van der Waals surface area contributed by atoms with Crippen LogP contribution in [0.5, 0.6) is 0 Å². The van der Waals surface area contributed by atoms with Gasteiger partial charge in [-0.25, -0.2) is 0 Å². The number of thiocarbonyl (C=S) groups is 1. The molecule has 0 bridgehead atoms. The van der Waals surface area contributed by atoms with Gasteiger partial charge in [0.2, 0.25) is 0 Å². The van der Waals surface area contributed by atoms with Crippen molar-refractivity contribution in [2.45, 2.75) is 13.3 Å². The van der Waals surface area contributed by atoms with Crippen LogP contribution in [0.2, 0.25) is 0 Å². The molecule has 3 N–H and O–H groups in total. The molecule has 0 aliphatic carbocycles. The number of benzene rings is 1. The van der Waals surface area contributed by atoms with Gasteiger partial charge in [-0.2, -0.15) is 0 Å². The molecule has 14 heavy (non-hydrogen) atoms. The first-order valence-corrected chi connectivity index (χ1v) is 4.64. The van der Waals surface area contributed by atoms with Crippen molar-refractivity contribution in [3.63, 3.8) is 0 Å². The fraction of sp³-hybridized carbons (Fsp3) is 0.200. The first kappa shape index (κ1) is 10.7. The number of anilines is 1. The zero-order valence-electron chi connectivity index (χ0n) is 7.91. The summed E-state index contributed by atoms with van der Waals surface area (Å²) >= 11 is 4.73. The van der Waals surface area contributed by atoms with Gasteiger partial charge in [0.25, 0.3) is 0 Å². The number of carbonyl (C=O) groups is 1. The monoisotopic (exact) mass is 208 g/mol. The Morgan fingerprint density at radius 2 is 2.14 bits per heavy atom. The highest BCUT2D eigenvalue weighted by atomic mass is 32.1. The first-order chi connectivity index (χ1) is 6.59. The molecule has 1 rings (SSSR count). The third-order valence-corrected chi connectivity index (χ3v) is 1.82. The third kappa shape index (κ3) is 3.14. The van der Waals surface area contributed by atoms with Crippen molar-refractivity contribution in [2.24, 2.45) is 5.73 Å². The number of hydrogen-bond acceptors (Lipinski definition) is 2. The van der Waals surface area contributed by atoms with Crippen LogP contribution in [0.3, 0.4) is 0 Å². The maximum Gasteiger partial charge on any atom is 0.168 e. The zero-order valence-corrected chi connectivity index (χ0v) is 8.73. The Morgan fingerprint density at radius 3 is 2.71 bits per heavy atom. The van der Waals surface area contributed by atoms with Gasteiger partial charge in [-0.05, 0) is 30.8 Å². The summed E-state index contributed by atoms with van der Waals surface area (Å²) in [6, 6.07) is 7.46. The van der Waals surface area contributed by atoms with Crippen LogP contribution in [-0.2, 0) is 11.2 Å². The zero-order chi connectivity index (χ0) is 10.6. The summed E-state index contributed by atoms with van der Waals surface area (Å²) in [7, 11) is 0. The lowest BCUT2D eigenvalue weighted by Crippen LogP contribution is -2.20. The maximum absolute atomic E-state index is 11.0. The average Bonchev–Trinajstić information content (AvgIpc) is 2.06. The molecule has 0 saturated heterocycles. The van der Waals surface area contributed by atoms with E-state index in [0.29, 0.717) is 6.42 Å². The van der Waals surface area contributed by atoms with Gasteiger partial charge in [-0.15, -0.1) is 0 Å². The van der Waals surface area contributed by atoms with E-state index in [0.717, 1.165) is 11.3 Å². The summed E-state index contributed by atoms with van der Waals surface area (Å²) in [6.07, 6.45) is 0.395. The fourth-order valence-electron chi connectivity index (χ4n) is 1.20. The fourth-order valence-corrected chi connectivity index (χ4v) is 1.31. The number of nitrogens with one attached hydrogen (secondary N) is 1. The summed E-state index contributed by atoms with van der Waals surface area (Å²) in [5, 5.41) is 3.05. The summed E-state index contributed by atoms with van der Waals surface area (Å²) < 4.78 is 0. The van der Waals surface area contributed by atoms with E-state index in [1.54, 1.807) is 6.92 Å². The van der Waals surface area contributed by atoms with Crippen LogP contribution in [0, 0.1) is 0 Å². The van der Waals surface area contributed by atoms with Crippen molar-refractivity contribution in [2.75, 3.05) is 5.32 Å². The molecule has 0 spiro atoms. The second-order valence-corrected chi connectivity index (χ2v) is 3.47. The Hall–Kier alpha value is -1.42. The van der Waals surface area contributed by atoms with Gasteiger partial charge in [0, 0.05) is 12.1 Å². The van der Waals surface area contributed by atoms with Crippen molar-refractivity contribution in [1.82, 2.24) is 0 Å². The molecule has 0 aliphatic rings. The minimum atomic E-state index is 0.113. The van der Waals surface area contributed by atoms with Crippen LogP contribution in [-0.4, -0.2) is 10.9 Å². The Morgan fingerprint density at radius 1 is 1.50 bits per heavy atom. The SMILES string of the molecule is CC(=O)Cc1ccccc1NC(N)=S. The average molecular weight is 208 g/mol. The van der Waals surface area contributed by atoms with Gasteiger partial charge in [0.15, 0.2) is 5.11 Å². The van der Waals surface area contributed by atoms with Crippen LogP contribution in [0.25, 0.3) is 0 Å². The summed E-state index contributed by atoms with van der Waals surface area (Å²) in [5.74, 6) is 0.113. The predicted molar refractivity (Wildman–Crippen MR) is 61.2 cm³/mol. The second-order valence-electron chi connectivity index (χ2n) is 3.03. The lowest BCUT2D eigenvalue weighted by atomic mass is 10.1. The molecule has 3 nitrogen and oxygen atoms in total. The minimum Gasteiger partial charge on any atom is -0.376 e. The third-order valence-electron chi connectivity index (χ3n) is 1.71. The van der Waals surface area contributed by atoms with Crippen molar-refractivity contribution in [3.8, 4) is 0 Å². The van der Waals surface area contributed by atoms with E-state index in [4.69, 9.17) is 18.0 Å². The van der Waals surface area contributed by atoms with E-state index in [9.17, 15) is 4.79 Å². The molecular formula is C10H12N2OS. The molecule has 0 heterocycles. The lowest BCUT2D eigenvalue weighted by molar-refractivity contribution is -0.116. The molecule has 0 atom stereocenters. The van der Waals surface area contributed by atoms with Crippen LogP contribution in [0.15, 0.2) is 24.3 Å². The second kappa shape index (κ2) is 4.72. The molecule has 1 aromatic rings. The molecule has 0 fully saturated rings. The molecule has 1 aromatic carbocycles. The van der Waals surface area contributed by atoms with E-state index in [1.165, 1.54) is 0 Å². The Balaban J connectivity index is 2.90. The number of nitrogens with two attached hydrogens (primary N) is 1. The van der Waals surface area contributed by atoms with Crippen LogP contribution >= 0.6 is 12.2 Å². The molecule has 0 amide bonds. The van der Waals surface area contributed by atoms with E-state index in [2.05, 4.69) is 5.32 Å². The van der Waals surface area contributed by atoms with Crippen LogP contribution in [0.1, 0.15) is 12.5 Å². The number of hydrogen-bond donors (Lipinski definition) is 2. The van der Waals surface area contributed by atoms with E-state index in [-0.39, 0.29) is 10.9 Å². The molecule has 0 aromatic heterocycles. The Kier molecular flexibility index (Phi) is 3.59. The largest absolute Gasteiger partial charge is 0.376 e. The van der Waals surface area contributed by atoms with E-state index in [1.807, 2.05) is 24.3 Å². The summed E-state index contributed by atoms with van der Waals surface area (Å²) in [6.45, 7) is 1.55. The van der Waals surface area contributed by atoms with E-state index < -0.39 is 0 Å². The van der Waals surface area contributed by atoms with Gasteiger partial charge in [-0.3, -0.25) is 4.79 Å². The summed E-state index contributed by atoms with van der Waals surface area (Å²) in [5.41, 5.74) is 7.07.